The van der Waals surface area contributed by atoms with Crippen LogP contribution in [0.1, 0.15) is 0 Å². The largest absolute Gasteiger partial charge is 0.394 e. The van der Waals surface area contributed by atoms with Crippen molar-refractivity contribution in [3.05, 3.63) is 12.7 Å². The summed E-state index contributed by atoms with van der Waals surface area (Å²) in [6.07, 6.45) is -4.64. The molecule has 0 saturated carbocycles. The van der Waals surface area contributed by atoms with Crippen LogP contribution in [0.2, 0.25) is 0 Å². The molecule has 0 aromatic heterocycles. The Hall–Kier alpha value is -0.500. The maximum Gasteiger partial charge on any atom is 0.187 e. The van der Waals surface area contributed by atoms with Gasteiger partial charge in [0.15, 0.2) is 6.29 Å². The van der Waals surface area contributed by atoms with E-state index in [4.69, 9.17) is 14.6 Å². The summed E-state index contributed by atoms with van der Waals surface area (Å²) in [6.45, 7) is 3.10. The lowest BCUT2D eigenvalue weighted by Gasteiger charge is -2.39. The van der Waals surface area contributed by atoms with Gasteiger partial charge in [0.2, 0.25) is 0 Å². The normalized spacial score (nSPS) is 41.5. The third-order valence-electron chi connectivity index (χ3n) is 2.23. The lowest BCUT2D eigenvalue weighted by Crippen LogP contribution is -2.59. The Morgan fingerprint density at radius 1 is 1.20 bits per heavy atom. The van der Waals surface area contributed by atoms with Crippen molar-refractivity contribution >= 4 is 0 Å². The molecule has 0 amide bonds. The molecule has 4 N–H and O–H groups in total. The van der Waals surface area contributed by atoms with E-state index in [0.29, 0.717) is 0 Å². The van der Waals surface area contributed by atoms with Gasteiger partial charge in [-0.2, -0.15) is 0 Å². The Balaban J connectivity index is 2.60. The standard InChI is InChI=1S/C9H16O6/c1-2-3-14-9-8(13)7(12)6(11)5(4-10)15-9/h2,5-13H,1,3-4H2/t5-,6+,7+,8+,9?/m1/s1. The molecule has 1 fully saturated rings. The summed E-state index contributed by atoms with van der Waals surface area (Å²) in [7, 11) is 0. The van der Waals surface area contributed by atoms with E-state index in [1.807, 2.05) is 0 Å². The van der Waals surface area contributed by atoms with Crippen LogP contribution in [0.3, 0.4) is 0 Å². The number of aliphatic hydroxyl groups excluding tert-OH is 4. The van der Waals surface area contributed by atoms with E-state index in [2.05, 4.69) is 6.58 Å². The molecule has 0 aliphatic carbocycles. The van der Waals surface area contributed by atoms with E-state index in [1.165, 1.54) is 6.08 Å². The van der Waals surface area contributed by atoms with E-state index in [-0.39, 0.29) is 6.61 Å². The molecule has 0 bridgehead atoms. The van der Waals surface area contributed by atoms with Crippen LogP contribution in [0.15, 0.2) is 12.7 Å². The first kappa shape index (κ1) is 12.6. The van der Waals surface area contributed by atoms with Gasteiger partial charge in [-0.15, -0.1) is 6.58 Å². The molecule has 1 aliphatic rings. The van der Waals surface area contributed by atoms with Crippen molar-refractivity contribution in [2.24, 2.45) is 0 Å². The number of hydrogen-bond acceptors (Lipinski definition) is 6. The van der Waals surface area contributed by atoms with Gasteiger partial charge in [-0.1, -0.05) is 6.08 Å². The molecular weight excluding hydrogens is 204 g/mol. The van der Waals surface area contributed by atoms with Crippen LogP contribution in [0.5, 0.6) is 0 Å². The zero-order valence-corrected chi connectivity index (χ0v) is 8.19. The summed E-state index contributed by atoms with van der Waals surface area (Å²) in [4.78, 5) is 0. The van der Waals surface area contributed by atoms with Gasteiger partial charge < -0.3 is 29.9 Å². The molecule has 1 saturated heterocycles. The van der Waals surface area contributed by atoms with Crippen LogP contribution in [-0.2, 0) is 9.47 Å². The third-order valence-corrected chi connectivity index (χ3v) is 2.23. The van der Waals surface area contributed by atoms with Gasteiger partial charge in [0.1, 0.15) is 24.4 Å². The van der Waals surface area contributed by atoms with Crippen LogP contribution in [0.4, 0.5) is 0 Å². The smallest absolute Gasteiger partial charge is 0.187 e. The van der Waals surface area contributed by atoms with Crippen LogP contribution < -0.4 is 0 Å². The SMILES string of the molecule is C=CCOC1O[C@H](CO)[C@H](O)[C@H](O)[C@@H]1O. The van der Waals surface area contributed by atoms with E-state index < -0.39 is 37.3 Å². The number of hydrogen-bond donors (Lipinski definition) is 4. The number of ether oxygens (including phenoxy) is 2. The Bertz CT molecular complexity index is 207. The third kappa shape index (κ3) is 2.75. The molecular formula is C9H16O6. The fourth-order valence-electron chi connectivity index (χ4n) is 1.37. The molecule has 1 rings (SSSR count). The van der Waals surface area contributed by atoms with Crippen molar-refractivity contribution in [1.82, 2.24) is 0 Å². The minimum atomic E-state index is -1.40. The maximum atomic E-state index is 9.47. The lowest BCUT2D eigenvalue weighted by atomic mass is 9.99. The van der Waals surface area contributed by atoms with Crippen molar-refractivity contribution in [1.29, 1.82) is 0 Å². The molecule has 1 unspecified atom stereocenters. The van der Waals surface area contributed by atoms with Crippen LogP contribution in [0.25, 0.3) is 0 Å². The molecule has 0 aromatic carbocycles. The summed E-state index contributed by atoms with van der Waals surface area (Å²) in [5, 5.41) is 37.1. The van der Waals surface area contributed by atoms with Crippen molar-refractivity contribution < 1.29 is 29.9 Å². The minimum absolute atomic E-state index is 0.142. The van der Waals surface area contributed by atoms with Crippen molar-refractivity contribution in [2.45, 2.75) is 30.7 Å². The predicted molar refractivity (Wildman–Crippen MR) is 49.9 cm³/mol. The summed E-state index contributed by atoms with van der Waals surface area (Å²) in [6, 6.07) is 0. The summed E-state index contributed by atoms with van der Waals surface area (Å²) in [5.74, 6) is 0. The average Bonchev–Trinajstić information content (AvgIpc) is 2.25. The molecule has 15 heavy (non-hydrogen) atoms. The topological polar surface area (TPSA) is 99.4 Å². The second kappa shape index (κ2) is 5.55. The first-order chi connectivity index (χ1) is 7.11. The fourth-order valence-corrected chi connectivity index (χ4v) is 1.37. The summed E-state index contributed by atoms with van der Waals surface area (Å²) in [5.41, 5.74) is 0. The zero-order chi connectivity index (χ0) is 11.4. The summed E-state index contributed by atoms with van der Waals surface area (Å²) >= 11 is 0. The molecule has 0 radical (unpaired) electrons. The summed E-state index contributed by atoms with van der Waals surface area (Å²) < 4.78 is 10.1. The Morgan fingerprint density at radius 2 is 1.87 bits per heavy atom. The Morgan fingerprint density at radius 3 is 2.40 bits per heavy atom. The monoisotopic (exact) mass is 220 g/mol. The van der Waals surface area contributed by atoms with Crippen LogP contribution in [-0.4, -0.2) is 64.3 Å². The van der Waals surface area contributed by atoms with Gasteiger partial charge in [-0.25, -0.2) is 0 Å². The molecule has 6 heteroatoms. The van der Waals surface area contributed by atoms with Gasteiger partial charge in [-0.05, 0) is 0 Å². The highest BCUT2D eigenvalue weighted by Gasteiger charge is 2.43. The number of aliphatic hydroxyl groups is 4. The van der Waals surface area contributed by atoms with Gasteiger partial charge in [0, 0.05) is 0 Å². The number of rotatable bonds is 4. The average molecular weight is 220 g/mol. The maximum absolute atomic E-state index is 9.47. The zero-order valence-electron chi connectivity index (χ0n) is 8.19. The predicted octanol–water partition coefficient (Wildman–Crippen LogP) is -2.01. The van der Waals surface area contributed by atoms with Gasteiger partial charge >= 0.3 is 0 Å². The highest BCUT2D eigenvalue weighted by atomic mass is 16.7. The van der Waals surface area contributed by atoms with E-state index in [1.54, 1.807) is 0 Å². The second-order valence-electron chi connectivity index (χ2n) is 3.32. The first-order valence-electron chi connectivity index (χ1n) is 4.64. The van der Waals surface area contributed by atoms with Gasteiger partial charge in [-0.3, -0.25) is 0 Å². The molecule has 88 valence electrons. The highest BCUT2D eigenvalue weighted by molar-refractivity contribution is 4.89. The van der Waals surface area contributed by atoms with Crippen molar-refractivity contribution in [3.63, 3.8) is 0 Å². The molecule has 0 aromatic rings. The van der Waals surface area contributed by atoms with Gasteiger partial charge in [0.05, 0.1) is 13.2 Å². The minimum Gasteiger partial charge on any atom is -0.394 e. The van der Waals surface area contributed by atoms with Gasteiger partial charge in [0.25, 0.3) is 0 Å². The van der Waals surface area contributed by atoms with Crippen molar-refractivity contribution in [3.8, 4) is 0 Å². The van der Waals surface area contributed by atoms with Crippen LogP contribution in [0, 0.1) is 0 Å². The quantitative estimate of drug-likeness (QED) is 0.408. The molecule has 0 spiro atoms. The first-order valence-corrected chi connectivity index (χ1v) is 4.64. The fraction of sp³-hybridized carbons (Fsp3) is 0.778. The molecule has 6 nitrogen and oxygen atoms in total. The Labute approximate surface area is 87.4 Å². The Kier molecular flexibility index (Phi) is 4.65. The van der Waals surface area contributed by atoms with E-state index in [9.17, 15) is 15.3 Å². The highest BCUT2D eigenvalue weighted by Crippen LogP contribution is 2.21. The molecule has 1 aliphatic heterocycles. The molecule has 1 heterocycles. The van der Waals surface area contributed by atoms with E-state index in [0.717, 1.165) is 0 Å². The lowest BCUT2D eigenvalue weighted by molar-refractivity contribution is -0.298. The van der Waals surface area contributed by atoms with Crippen molar-refractivity contribution in [2.75, 3.05) is 13.2 Å². The van der Waals surface area contributed by atoms with E-state index >= 15 is 0 Å². The van der Waals surface area contributed by atoms with Crippen LogP contribution >= 0.6 is 0 Å². The molecule has 5 atom stereocenters. The second-order valence-corrected chi connectivity index (χ2v) is 3.32.